The summed E-state index contributed by atoms with van der Waals surface area (Å²) in [5.74, 6) is -0.816. The van der Waals surface area contributed by atoms with Crippen LogP contribution < -0.4 is 21.3 Å². The molecule has 1 amide bonds. The van der Waals surface area contributed by atoms with Crippen LogP contribution in [0.2, 0.25) is 0 Å². The van der Waals surface area contributed by atoms with E-state index in [4.69, 9.17) is 17.4 Å². The number of thiocarbonyl (C=S) groups is 1. The third-order valence-corrected chi connectivity index (χ3v) is 7.83. The van der Waals surface area contributed by atoms with Crippen LogP contribution >= 0.6 is 12.2 Å². The summed E-state index contributed by atoms with van der Waals surface area (Å²) in [4.78, 5) is 25.9. The van der Waals surface area contributed by atoms with Crippen LogP contribution in [0.1, 0.15) is 5.69 Å². The van der Waals surface area contributed by atoms with E-state index in [1.165, 1.54) is 33.5 Å². The van der Waals surface area contributed by atoms with Crippen LogP contribution in [0.15, 0.2) is 98.8 Å². The lowest BCUT2D eigenvalue weighted by molar-refractivity contribution is -0.116. The summed E-state index contributed by atoms with van der Waals surface area (Å²) in [5, 5.41) is 30.2. The highest BCUT2D eigenvalue weighted by Gasteiger charge is 2.20. The van der Waals surface area contributed by atoms with E-state index in [2.05, 4.69) is 20.9 Å². The molecule has 5 N–H and O–H groups in total. The van der Waals surface area contributed by atoms with Gasteiger partial charge in [-0.05, 0) is 61.6 Å². The third-order valence-electron chi connectivity index (χ3n) is 6.71. The summed E-state index contributed by atoms with van der Waals surface area (Å²) in [5.41, 5.74) is 2.14. The number of amides is 1. The zero-order chi connectivity index (χ0) is 30.9. The number of anilines is 2. The number of nitrogens with zero attached hydrogens (tertiary/aromatic N) is 5. The van der Waals surface area contributed by atoms with Gasteiger partial charge in [0.1, 0.15) is 12.2 Å². The largest absolute Gasteiger partial charge is 0.493 e. The summed E-state index contributed by atoms with van der Waals surface area (Å²) in [6.07, 6.45) is 0. The van der Waals surface area contributed by atoms with Gasteiger partial charge in [-0.1, -0.05) is 36.4 Å². The second-order valence-corrected chi connectivity index (χ2v) is 11.4. The molecule has 2 aromatic heterocycles. The lowest BCUT2D eigenvalue weighted by Crippen LogP contribution is -2.21. The fourth-order valence-corrected chi connectivity index (χ4v) is 5.20. The number of aromatic hydroxyl groups is 1. The number of aromatic nitrogens is 3. The maximum absolute atomic E-state index is 13.2. The Bertz CT molecular complexity index is 2060. The summed E-state index contributed by atoms with van der Waals surface area (Å²) >= 11 is 5.34. The molecular weight excluding hydrogens is 592 g/mol. The first-order valence-corrected chi connectivity index (χ1v) is 14.7. The summed E-state index contributed by atoms with van der Waals surface area (Å²) in [7, 11) is -2.12. The average molecular weight is 619 g/mol. The SMILES string of the molecule is Cc1c(NC(=S)N=Nc2c(O)n(CC(=O)Nc3ccc(S(N)(=O)=O)cc3)c3ccccc23)c(=O)n(-c2ccccc2)n1C. The Morgan fingerprint density at radius 3 is 2.33 bits per heavy atom. The van der Waals surface area contributed by atoms with Crippen molar-refractivity contribution in [3.05, 3.63) is 94.9 Å². The summed E-state index contributed by atoms with van der Waals surface area (Å²) < 4.78 is 27.5. The summed E-state index contributed by atoms with van der Waals surface area (Å²) in [6.45, 7) is 1.48. The van der Waals surface area contributed by atoms with Crippen molar-refractivity contribution in [2.45, 2.75) is 18.4 Å². The molecule has 0 unspecified atom stereocenters. The van der Waals surface area contributed by atoms with Crippen LogP contribution in [0.5, 0.6) is 5.88 Å². The predicted molar refractivity (Wildman–Crippen MR) is 167 cm³/mol. The van der Waals surface area contributed by atoms with Gasteiger partial charge in [0.2, 0.25) is 26.9 Å². The molecule has 15 heteroatoms. The van der Waals surface area contributed by atoms with Crippen molar-refractivity contribution in [3.63, 3.8) is 0 Å². The number of carbonyl (C=O) groups is 1. The topological polar surface area (TPSA) is 178 Å². The molecule has 2 heterocycles. The van der Waals surface area contributed by atoms with Gasteiger partial charge in [-0.15, -0.1) is 10.2 Å². The zero-order valence-electron chi connectivity index (χ0n) is 22.9. The first-order chi connectivity index (χ1) is 20.5. The molecule has 0 aliphatic heterocycles. The van der Waals surface area contributed by atoms with E-state index in [0.29, 0.717) is 28.0 Å². The minimum absolute atomic E-state index is 0.0801. The average Bonchev–Trinajstić information content (AvgIpc) is 3.36. The minimum Gasteiger partial charge on any atom is -0.493 e. The molecule has 0 aliphatic carbocycles. The quantitative estimate of drug-likeness (QED) is 0.158. The Morgan fingerprint density at radius 2 is 1.65 bits per heavy atom. The van der Waals surface area contributed by atoms with Crippen molar-refractivity contribution in [2.24, 2.45) is 22.4 Å². The molecule has 0 aliphatic rings. The molecule has 0 saturated carbocycles. The number of para-hydroxylation sites is 2. The molecule has 0 fully saturated rings. The number of primary sulfonamides is 1. The Kier molecular flexibility index (Phi) is 7.95. The second kappa shape index (κ2) is 11.6. The van der Waals surface area contributed by atoms with Crippen molar-refractivity contribution in [1.82, 2.24) is 13.9 Å². The van der Waals surface area contributed by atoms with Gasteiger partial charge in [0.15, 0.2) is 5.69 Å². The minimum atomic E-state index is -3.87. The van der Waals surface area contributed by atoms with E-state index in [1.54, 1.807) is 42.9 Å². The Hall–Kier alpha value is -5.12. The van der Waals surface area contributed by atoms with Gasteiger partial charge in [-0.2, -0.15) is 0 Å². The highest BCUT2D eigenvalue weighted by atomic mass is 32.2. The molecule has 43 heavy (non-hydrogen) atoms. The van der Waals surface area contributed by atoms with Crippen LogP contribution in [0.4, 0.5) is 17.1 Å². The van der Waals surface area contributed by atoms with E-state index in [0.717, 1.165) is 0 Å². The molecule has 220 valence electrons. The number of nitrogens with one attached hydrogen (secondary N) is 2. The standard InChI is InChI=1S/C28H26N8O5S2/c1-17-24(27(39)36(34(17)2)19-8-4-3-5-9-19)31-28(42)33-32-25-21-10-6-7-11-22(21)35(26(25)38)16-23(37)30-18-12-14-20(15-13-18)43(29,40)41/h3-15,38H,16H2,1-2H3,(H,30,37)(H,31,42)(H2,29,40,41). The molecule has 0 radical (unpaired) electrons. The van der Waals surface area contributed by atoms with E-state index >= 15 is 0 Å². The molecule has 3 aromatic carbocycles. The number of carbonyl (C=O) groups excluding carboxylic acids is 1. The van der Waals surface area contributed by atoms with Gasteiger partial charge in [0.25, 0.3) is 5.56 Å². The summed E-state index contributed by atoms with van der Waals surface area (Å²) in [6, 6.07) is 21.4. The number of azo groups is 1. The molecule has 0 bridgehead atoms. The van der Waals surface area contributed by atoms with Crippen LogP contribution in [-0.2, 0) is 28.4 Å². The Balaban J connectivity index is 1.37. The van der Waals surface area contributed by atoms with E-state index < -0.39 is 15.9 Å². The van der Waals surface area contributed by atoms with Crippen molar-refractivity contribution in [1.29, 1.82) is 0 Å². The molecule has 0 spiro atoms. The number of rotatable bonds is 7. The lowest BCUT2D eigenvalue weighted by atomic mass is 10.2. The van der Waals surface area contributed by atoms with Gasteiger partial charge in [0, 0.05) is 18.1 Å². The maximum Gasteiger partial charge on any atom is 0.295 e. The number of fused-ring (bicyclic) bond motifs is 1. The van der Waals surface area contributed by atoms with Crippen molar-refractivity contribution >= 4 is 61.2 Å². The number of benzene rings is 3. The third kappa shape index (κ3) is 5.94. The lowest BCUT2D eigenvalue weighted by Gasteiger charge is -2.09. The maximum atomic E-state index is 13.2. The van der Waals surface area contributed by atoms with E-state index in [1.807, 2.05) is 30.3 Å². The number of nitrogens with two attached hydrogens (primary N) is 1. The normalized spacial score (nSPS) is 11.7. The molecule has 13 nitrogen and oxygen atoms in total. The molecule has 0 atom stereocenters. The van der Waals surface area contributed by atoms with Crippen molar-refractivity contribution in [3.8, 4) is 11.6 Å². The Labute approximate surface area is 250 Å². The van der Waals surface area contributed by atoms with Gasteiger partial charge in [0.05, 0.1) is 21.8 Å². The Morgan fingerprint density at radius 1 is 1.00 bits per heavy atom. The first-order valence-electron chi connectivity index (χ1n) is 12.8. The van der Waals surface area contributed by atoms with Crippen LogP contribution in [0, 0.1) is 6.92 Å². The van der Waals surface area contributed by atoms with Gasteiger partial charge in [-0.3, -0.25) is 14.3 Å². The molecular formula is C28H26N8O5S2. The fourth-order valence-electron chi connectivity index (χ4n) is 4.54. The fraction of sp³-hybridized carbons (Fsp3) is 0.107. The number of hydrogen-bond acceptors (Lipinski definition) is 7. The van der Waals surface area contributed by atoms with Gasteiger partial charge in [-0.25, -0.2) is 18.2 Å². The van der Waals surface area contributed by atoms with Crippen molar-refractivity contribution in [2.75, 3.05) is 10.6 Å². The smallest absolute Gasteiger partial charge is 0.295 e. The zero-order valence-corrected chi connectivity index (χ0v) is 24.6. The van der Waals surface area contributed by atoms with Crippen LogP contribution in [-0.4, -0.2) is 38.5 Å². The highest BCUT2D eigenvalue weighted by Crippen LogP contribution is 2.38. The first kappa shape index (κ1) is 29.4. The van der Waals surface area contributed by atoms with Gasteiger partial charge < -0.3 is 20.3 Å². The highest BCUT2D eigenvalue weighted by molar-refractivity contribution is 7.89. The molecule has 5 rings (SSSR count). The van der Waals surface area contributed by atoms with Gasteiger partial charge >= 0.3 is 0 Å². The predicted octanol–water partition coefficient (Wildman–Crippen LogP) is 3.91. The molecule has 0 saturated heterocycles. The van der Waals surface area contributed by atoms with Crippen LogP contribution in [0.3, 0.4) is 0 Å². The van der Waals surface area contributed by atoms with E-state index in [9.17, 15) is 23.1 Å². The van der Waals surface area contributed by atoms with E-state index in [-0.39, 0.29) is 39.4 Å². The second-order valence-electron chi connectivity index (χ2n) is 9.46. The van der Waals surface area contributed by atoms with Crippen LogP contribution in [0.25, 0.3) is 16.6 Å². The number of sulfonamides is 1. The monoisotopic (exact) mass is 618 g/mol. The van der Waals surface area contributed by atoms with Crippen molar-refractivity contribution < 1.29 is 18.3 Å². The number of hydrogen-bond donors (Lipinski definition) is 4. The molecule has 5 aromatic rings.